The van der Waals surface area contributed by atoms with E-state index in [1.54, 1.807) is 22.3 Å². The molecule has 1 unspecified atom stereocenters. The molecule has 2 aromatic carbocycles. The molecule has 0 aliphatic carbocycles. The predicted octanol–water partition coefficient (Wildman–Crippen LogP) is 6.94. The molecule has 3 aromatic rings. The first-order valence-corrected chi connectivity index (χ1v) is 13.9. The fraction of sp³-hybridized carbons (Fsp3) is 0.333. The first-order chi connectivity index (χ1) is 17.5. The summed E-state index contributed by atoms with van der Waals surface area (Å²) in [5, 5.41) is 2.75. The van der Waals surface area contributed by atoms with Crippen molar-refractivity contribution < 1.29 is 9.59 Å². The van der Waals surface area contributed by atoms with Crippen LogP contribution >= 0.6 is 22.9 Å². The summed E-state index contributed by atoms with van der Waals surface area (Å²) in [5.74, 6) is -0.224. The summed E-state index contributed by atoms with van der Waals surface area (Å²) in [5.41, 5.74) is 4.00. The summed E-state index contributed by atoms with van der Waals surface area (Å²) in [6.07, 6.45) is 7.05. The monoisotopic (exact) mass is 520 g/mol. The molecule has 36 heavy (non-hydrogen) atoms. The molecule has 0 N–H and O–H groups in total. The van der Waals surface area contributed by atoms with Gasteiger partial charge in [0.15, 0.2) is 0 Å². The zero-order valence-corrected chi connectivity index (χ0v) is 22.4. The Labute approximate surface area is 223 Å². The van der Waals surface area contributed by atoms with Gasteiger partial charge in [-0.1, -0.05) is 61.7 Å². The number of nitrogens with zero attached hydrogens (tertiary/aromatic N) is 2. The van der Waals surface area contributed by atoms with Crippen LogP contribution in [0.1, 0.15) is 64.2 Å². The van der Waals surface area contributed by atoms with E-state index in [1.165, 1.54) is 23.3 Å². The number of thiophene rings is 1. The molecule has 4 nitrogen and oxygen atoms in total. The van der Waals surface area contributed by atoms with E-state index in [0.29, 0.717) is 23.7 Å². The lowest BCUT2D eigenvalue weighted by molar-refractivity contribution is -0.133. The summed E-state index contributed by atoms with van der Waals surface area (Å²) in [4.78, 5) is 31.8. The van der Waals surface area contributed by atoms with Gasteiger partial charge in [0.2, 0.25) is 5.91 Å². The van der Waals surface area contributed by atoms with Gasteiger partial charge in [0.05, 0.1) is 6.04 Å². The molecule has 1 aliphatic rings. The molecule has 2 amide bonds. The Balaban J connectivity index is 1.52. The Morgan fingerprint density at radius 2 is 1.86 bits per heavy atom. The van der Waals surface area contributed by atoms with Crippen LogP contribution in [0, 0.1) is 0 Å². The van der Waals surface area contributed by atoms with Crippen LogP contribution in [-0.2, 0) is 17.6 Å². The van der Waals surface area contributed by atoms with E-state index in [-0.39, 0.29) is 24.4 Å². The van der Waals surface area contributed by atoms with Crippen LogP contribution < -0.4 is 0 Å². The Hall–Kier alpha value is -2.89. The van der Waals surface area contributed by atoms with Crippen LogP contribution in [0.3, 0.4) is 0 Å². The smallest absolute Gasteiger partial charge is 0.254 e. The summed E-state index contributed by atoms with van der Waals surface area (Å²) in [6.45, 7) is 6.94. The second-order valence-electron chi connectivity index (χ2n) is 9.22. The Kier molecular flexibility index (Phi) is 9.00. The van der Waals surface area contributed by atoms with Gasteiger partial charge in [0.1, 0.15) is 6.54 Å². The van der Waals surface area contributed by atoms with Gasteiger partial charge < -0.3 is 9.80 Å². The van der Waals surface area contributed by atoms with Gasteiger partial charge >= 0.3 is 0 Å². The zero-order valence-electron chi connectivity index (χ0n) is 20.8. The maximum absolute atomic E-state index is 13.7. The standard InChI is InChI=1S/C30H33ClN2O2S/c1-3-5-6-7-22-8-10-24(11-9-22)30(35)32(18-4-2)21-28(34)33-19-16-27-26(17-20-36-27)29(33)23-12-14-25(31)15-13-23/h4,8-15,17,20,29H,2-3,5-7,16,18-19,21H2,1H3. The molecule has 1 atom stereocenters. The molecule has 0 bridgehead atoms. The van der Waals surface area contributed by atoms with E-state index in [2.05, 4.69) is 24.9 Å². The average molecular weight is 521 g/mol. The van der Waals surface area contributed by atoms with Gasteiger partial charge in [-0.2, -0.15) is 0 Å². The number of carbonyl (C=O) groups excluding carboxylic acids is 2. The number of unbranched alkanes of at least 4 members (excludes halogenated alkanes) is 2. The number of hydrogen-bond acceptors (Lipinski definition) is 3. The van der Waals surface area contributed by atoms with E-state index in [4.69, 9.17) is 11.6 Å². The van der Waals surface area contributed by atoms with Gasteiger partial charge in [-0.25, -0.2) is 0 Å². The van der Waals surface area contributed by atoms with Crippen molar-refractivity contribution in [3.05, 3.63) is 105 Å². The lowest BCUT2D eigenvalue weighted by Crippen LogP contribution is -2.46. The first-order valence-electron chi connectivity index (χ1n) is 12.6. The van der Waals surface area contributed by atoms with E-state index < -0.39 is 0 Å². The van der Waals surface area contributed by atoms with Crippen molar-refractivity contribution in [2.75, 3.05) is 19.6 Å². The van der Waals surface area contributed by atoms with E-state index >= 15 is 0 Å². The highest BCUT2D eigenvalue weighted by Crippen LogP contribution is 2.38. The van der Waals surface area contributed by atoms with E-state index in [0.717, 1.165) is 30.4 Å². The molecule has 0 fully saturated rings. The highest BCUT2D eigenvalue weighted by molar-refractivity contribution is 7.10. The molecule has 4 rings (SSSR count). The molecule has 0 radical (unpaired) electrons. The van der Waals surface area contributed by atoms with E-state index in [1.807, 2.05) is 53.4 Å². The normalized spacial score (nSPS) is 14.8. The van der Waals surface area contributed by atoms with Crippen LogP contribution in [0.25, 0.3) is 0 Å². The van der Waals surface area contributed by atoms with Crippen molar-refractivity contribution >= 4 is 34.8 Å². The number of carbonyl (C=O) groups is 2. The summed E-state index contributed by atoms with van der Waals surface area (Å²) in [7, 11) is 0. The summed E-state index contributed by atoms with van der Waals surface area (Å²) >= 11 is 7.86. The maximum atomic E-state index is 13.7. The Morgan fingerprint density at radius 1 is 1.11 bits per heavy atom. The lowest BCUT2D eigenvalue weighted by atomic mass is 9.93. The lowest BCUT2D eigenvalue weighted by Gasteiger charge is -2.37. The quantitative estimate of drug-likeness (QED) is 0.214. The number of rotatable bonds is 10. The third-order valence-corrected chi connectivity index (χ3v) is 7.95. The molecule has 2 heterocycles. The largest absolute Gasteiger partial charge is 0.330 e. The number of hydrogen-bond donors (Lipinski definition) is 0. The van der Waals surface area contributed by atoms with Gasteiger partial charge in [-0.05, 0) is 71.7 Å². The van der Waals surface area contributed by atoms with Crippen molar-refractivity contribution in [2.24, 2.45) is 0 Å². The molecule has 0 saturated heterocycles. The minimum Gasteiger partial charge on any atom is -0.330 e. The molecule has 188 valence electrons. The van der Waals surface area contributed by atoms with Gasteiger partial charge in [-0.15, -0.1) is 17.9 Å². The second-order valence-corrected chi connectivity index (χ2v) is 10.7. The molecule has 1 aromatic heterocycles. The highest BCUT2D eigenvalue weighted by atomic mass is 35.5. The predicted molar refractivity (Wildman–Crippen MR) is 149 cm³/mol. The fourth-order valence-electron chi connectivity index (χ4n) is 4.79. The number of aryl methyl sites for hydroxylation is 1. The van der Waals surface area contributed by atoms with Gasteiger partial charge in [0, 0.05) is 28.6 Å². The first kappa shape index (κ1) is 26.2. The van der Waals surface area contributed by atoms with Gasteiger partial charge in [-0.3, -0.25) is 9.59 Å². The van der Waals surface area contributed by atoms with Gasteiger partial charge in [0.25, 0.3) is 5.91 Å². The SMILES string of the molecule is C=CCN(CC(=O)N1CCc2sccc2C1c1ccc(Cl)cc1)C(=O)c1ccc(CCCCC)cc1. The van der Waals surface area contributed by atoms with E-state index in [9.17, 15) is 9.59 Å². The number of halogens is 1. The average Bonchev–Trinajstić information content (AvgIpc) is 3.37. The summed E-state index contributed by atoms with van der Waals surface area (Å²) in [6, 6.07) is 17.4. The van der Waals surface area contributed by atoms with Crippen molar-refractivity contribution in [1.29, 1.82) is 0 Å². The second kappa shape index (κ2) is 12.4. The summed E-state index contributed by atoms with van der Waals surface area (Å²) < 4.78 is 0. The van der Waals surface area contributed by atoms with Crippen LogP contribution in [0.5, 0.6) is 0 Å². The third-order valence-electron chi connectivity index (χ3n) is 6.70. The molecule has 0 spiro atoms. The van der Waals surface area contributed by atoms with Crippen molar-refractivity contribution in [2.45, 2.75) is 45.1 Å². The minimum atomic E-state index is -0.187. The number of benzene rings is 2. The molecular formula is C30H33ClN2O2S. The fourth-order valence-corrected chi connectivity index (χ4v) is 5.82. The molecular weight excluding hydrogens is 488 g/mol. The zero-order chi connectivity index (χ0) is 25.5. The maximum Gasteiger partial charge on any atom is 0.254 e. The van der Waals surface area contributed by atoms with Crippen molar-refractivity contribution in [3.63, 3.8) is 0 Å². The number of fused-ring (bicyclic) bond motifs is 1. The van der Waals surface area contributed by atoms with Crippen LogP contribution in [0.4, 0.5) is 0 Å². The Bertz CT molecular complexity index is 1190. The minimum absolute atomic E-state index is 0.00661. The number of amides is 2. The Morgan fingerprint density at radius 3 is 2.56 bits per heavy atom. The molecule has 6 heteroatoms. The van der Waals surface area contributed by atoms with Crippen molar-refractivity contribution in [3.8, 4) is 0 Å². The third kappa shape index (κ3) is 6.08. The van der Waals surface area contributed by atoms with Crippen molar-refractivity contribution in [1.82, 2.24) is 9.80 Å². The van der Waals surface area contributed by atoms with Crippen LogP contribution in [0.15, 0.2) is 72.6 Å². The topological polar surface area (TPSA) is 40.6 Å². The highest BCUT2D eigenvalue weighted by Gasteiger charge is 2.34. The van der Waals surface area contributed by atoms with Crippen LogP contribution in [0.2, 0.25) is 5.02 Å². The van der Waals surface area contributed by atoms with Crippen LogP contribution in [-0.4, -0.2) is 41.2 Å². The molecule has 1 aliphatic heterocycles. The molecule has 0 saturated carbocycles.